The maximum Gasteiger partial charge on any atom is 0.227 e. The van der Waals surface area contributed by atoms with Crippen LogP contribution in [0.25, 0.3) is 11.1 Å². The van der Waals surface area contributed by atoms with Gasteiger partial charge in [-0.15, -0.1) is 0 Å². The van der Waals surface area contributed by atoms with Crippen LogP contribution in [0.15, 0.2) is 78.9 Å². The highest BCUT2D eigenvalue weighted by Gasteiger charge is 2.30. The molecule has 1 saturated heterocycles. The fraction of sp³-hybridized carbons (Fsp3) is 0.174. The second-order valence-electron chi connectivity index (χ2n) is 6.77. The molecule has 0 spiro atoms. The van der Waals surface area contributed by atoms with Crippen molar-refractivity contribution in [1.29, 1.82) is 0 Å². The number of carbonyl (C=O) groups is 1. The molecule has 26 heavy (non-hydrogen) atoms. The van der Waals surface area contributed by atoms with E-state index < -0.39 is 0 Å². The highest BCUT2D eigenvalue weighted by atomic mass is 19.1. The Morgan fingerprint density at radius 1 is 0.769 bits per heavy atom. The first-order valence-electron chi connectivity index (χ1n) is 8.89. The number of halogens is 1. The van der Waals surface area contributed by atoms with Crippen LogP contribution in [0.1, 0.15) is 29.4 Å². The predicted molar refractivity (Wildman–Crippen MR) is 101 cm³/mol. The van der Waals surface area contributed by atoms with E-state index in [2.05, 4.69) is 41.7 Å². The molecule has 0 bridgehead atoms. The minimum atomic E-state index is -0.280. The Balaban J connectivity index is 1.54. The van der Waals surface area contributed by atoms with Gasteiger partial charge in [-0.1, -0.05) is 66.7 Å². The van der Waals surface area contributed by atoms with Crippen LogP contribution < -0.4 is 5.32 Å². The molecule has 1 heterocycles. The molecule has 1 aliphatic rings. The number of hydrogen-bond donors (Lipinski definition) is 1. The summed E-state index contributed by atoms with van der Waals surface area (Å²) in [4.78, 5) is 12.3. The smallest absolute Gasteiger partial charge is 0.227 e. The summed E-state index contributed by atoms with van der Waals surface area (Å²) in [6.07, 6.45) is 0.738. The lowest BCUT2D eigenvalue weighted by Crippen LogP contribution is -2.39. The number of hydrogen-bond acceptors (Lipinski definition) is 1. The van der Waals surface area contributed by atoms with Crippen molar-refractivity contribution >= 4 is 5.91 Å². The van der Waals surface area contributed by atoms with Crippen LogP contribution in [-0.2, 0) is 4.79 Å². The topological polar surface area (TPSA) is 29.1 Å². The Morgan fingerprint density at radius 3 is 2.08 bits per heavy atom. The first-order valence-corrected chi connectivity index (χ1v) is 8.89. The molecule has 1 amide bonds. The third kappa shape index (κ3) is 3.38. The molecule has 1 fully saturated rings. The van der Waals surface area contributed by atoms with Gasteiger partial charge in [0.05, 0.1) is 5.92 Å². The summed E-state index contributed by atoms with van der Waals surface area (Å²) in [5, 5.41) is 3.01. The number of carbonyl (C=O) groups excluding carboxylic acids is 1. The van der Waals surface area contributed by atoms with Crippen molar-refractivity contribution < 1.29 is 9.18 Å². The first kappa shape index (κ1) is 16.5. The molecule has 1 N–H and O–H groups in total. The van der Waals surface area contributed by atoms with Crippen LogP contribution in [-0.4, -0.2) is 12.5 Å². The van der Waals surface area contributed by atoms with Gasteiger partial charge in [0.2, 0.25) is 5.91 Å². The molecule has 0 radical (unpaired) electrons. The highest BCUT2D eigenvalue weighted by molar-refractivity contribution is 5.84. The maximum atomic E-state index is 13.2. The van der Waals surface area contributed by atoms with Gasteiger partial charge >= 0.3 is 0 Å². The molecule has 3 heteroatoms. The van der Waals surface area contributed by atoms with Crippen LogP contribution in [0.4, 0.5) is 4.39 Å². The highest BCUT2D eigenvalue weighted by Crippen LogP contribution is 2.34. The minimum Gasteiger partial charge on any atom is -0.355 e. The molecule has 2 atom stereocenters. The number of piperidine rings is 1. The van der Waals surface area contributed by atoms with Crippen molar-refractivity contribution in [2.75, 3.05) is 6.54 Å². The zero-order valence-electron chi connectivity index (χ0n) is 14.4. The average molecular weight is 345 g/mol. The van der Waals surface area contributed by atoms with Crippen LogP contribution in [0, 0.1) is 5.82 Å². The monoisotopic (exact) mass is 345 g/mol. The maximum absolute atomic E-state index is 13.2. The fourth-order valence-corrected chi connectivity index (χ4v) is 3.64. The lowest BCUT2D eigenvalue weighted by Gasteiger charge is -2.30. The van der Waals surface area contributed by atoms with Crippen LogP contribution in [0.5, 0.6) is 0 Å². The molecule has 0 saturated carbocycles. The third-order valence-corrected chi connectivity index (χ3v) is 5.12. The molecular formula is C23H20FNO. The van der Waals surface area contributed by atoms with E-state index in [0.29, 0.717) is 6.54 Å². The fourth-order valence-electron chi connectivity index (χ4n) is 3.64. The summed E-state index contributed by atoms with van der Waals surface area (Å²) in [5.74, 6) is -0.234. The summed E-state index contributed by atoms with van der Waals surface area (Å²) in [7, 11) is 0. The Bertz CT molecular complexity index is 888. The van der Waals surface area contributed by atoms with E-state index in [0.717, 1.165) is 12.0 Å². The standard InChI is InChI=1S/C23H20FNO/c24-21-12-10-19(11-13-21)22-14-20(15-25-23(22)26)18-8-6-17(7-9-18)16-4-2-1-3-5-16/h1-13,20,22H,14-15H2,(H,25,26)/t20-,22-/m1/s1. The Hall–Kier alpha value is -2.94. The van der Waals surface area contributed by atoms with E-state index in [4.69, 9.17) is 0 Å². The molecule has 3 aromatic carbocycles. The van der Waals surface area contributed by atoms with Crippen molar-refractivity contribution in [1.82, 2.24) is 5.32 Å². The summed E-state index contributed by atoms with van der Waals surface area (Å²) < 4.78 is 13.2. The zero-order valence-corrected chi connectivity index (χ0v) is 14.4. The summed E-state index contributed by atoms with van der Waals surface area (Å²) >= 11 is 0. The molecule has 0 unspecified atom stereocenters. The van der Waals surface area contributed by atoms with Crippen LogP contribution in [0.3, 0.4) is 0 Å². The lowest BCUT2D eigenvalue weighted by atomic mass is 9.81. The largest absolute Gasteiger partial charge is 0.355 e. The van der Waals surface area contributed by atoms with Crippen LogP contribution >= 0.6 is 0 Å². The van der Waals surface area contributed by atoms with E-state index in [-0.39, 0.29) is 23.6 Å². The number of benzene rings is 3. The van der Waals surface area contributed by atoms with E-state index in [1.807, 2.05) is 18.2 Å². The van der Waals surface area contributed by atoms with Gasteiger partial charge in [0.1, 0.15) is 5.82 Å². The van der Waals surface area contributed by atoms with Gasteiger partial charge in [-0.3, -0.25) is 4.79 Å². The van der Waals surface area contributed by atoms with E-state index in [9.17, 15) is 9.18 Å². The Morgan fingerprint density at radius 2 is 1.38 bits per heavy atom. The second-order valence-corrected chi connectivity index (χ2v) is 6.77. The third-order valence-electron chi connectivity index (χ3n) is 5.12. The summed E-state index contributed by atoms with van der Waals surface area (Å²) in [6, 6.07) is 25.1. The number of amides is 1. The molecule has 4 rings (SSSR count). The first-order chi connectivity index (χ1) is 12.7. The molecule has 0 aliphatic carbocycles. The summed E-state index contributed by atoms with van der Waals surface area (Å²) in [5.41, 5.74) is 4.47. The molecule has 3 aromatic rings. The van der Waals surface area contributed by atoms with Crippen molar-refractivity contribution in [2.24, 2.45) is 0 Å². The van der Waals surface area contributed by atoms with Gasteiger partial charge in [0.15, 0.2) is 0 Å². The van der Waals surface area contributed by atoms with Gasteiger partial charge in [-0.2, -0.15) is 0 Å². The van der Waals surface area contributed by atoms with Gasteiger partial charge < -0.3 is 5.32 Å². The molecule has 0 aromatic heterocycles. The molecule has 130 valence electrons. The Kier molecular flexibility index (Phi) is 4.53. The van der Waals surface area contributed by atoms with Crippen molar-refractivity contribution in [3.63, 3.8) is 0 Å². The van der Waals surface area contributed by atoms with E-state index in [1.165, 1.54) is 28.8 Å². The second kappa shape index (κ2) is 7.12. The Labute approximate surface area is 152 Å². The molecule has 1 aliphatic heterocycles. The van der Waals surface area contributed by atoms with Crippen molar-refractivity contribution in [3.05, 3.63) is 95.8 Å². The number of nitrogens with one attached hydrogen (secondary N) is 1. The van der Waals surface area contributed by atoms with Gasteiger partial charge in [-0.25, -0.2) is 4.39 Å². The summed E-state index contributed by atoms with van der Waals surface area (Å²) in [6.45, 7) is 0.640. The van der Waals surface area contributed by atoms with Crippen molar-refractivity contribution in [3.8, 4) is 11.1 Å². The molecular weight excluding hydrogens is 325 g/mol. The SMILES string of the molecule is O=C1NC[C@H](c2ccc(-c3ccccc3)cc2)C[C@@H]1c1ccc(F)cc1. The normalized spacial score (nSPS) is 19.8. The predicted octanol–water partition coefficient (Wildman–Crippen LogP) is 4.88. The average Bonchev–Trinajstić information content (AvgIpc) is 2.70. The van der Waals surface area contributed by atoms with Gasteiger partial charge in [0.25, 0.3) is 0 Å². The quantitative estimate of drug-likeness (QED) is 0.720. The van der Waals surface area contributed by atoms with Crippen molar-refractivity contribution in [2.45, 2.75) is 18.3 Å². The number of rotatable bonds is 3. The lowest BCUT2D eigenvalue weighted by molar-refractivity contribution is -0.124. The van der Waals surface area contributed by atoms with Gasteiger partial charge in [-0.05, 0) is 40.8 Å². The van der Waals surface area contributed by atoms with E-state index in [1.54, 1.807) is 12.1 Å². The zero-order chi connectivity index (χ0) is 17.9. The van der Waals surface area contributed by atoms with Crippen LogP contribution in [0.2, 0.25) is 0 Å². The van der Waals surface area contributed by atoms with Gasteiger partial charge in [0, 0.05) is 12.5 Å². The molecule has 2 nitrogen and oxygen atoms in total. The minimum absolute atomic E-state index is 0.0220. The van der Waals surface area contributed by atoms with E-state index >= 15 is 0 Å².